The first-order valence-electron chi connectivity index (χ1n) is 12.5. The number of nitrogen functional groups attached to an aromatic ring is 1. The molecule has 0 amide bonds. The van der Waals surface area contributed by atoms with Crippen molar-refractivity contribution < 1.29 is 52.9 Å². The van der Waals surface area contributed by atoms with Crippen molar-refractivity contribution in [2.75, 3.05) is 25.6 Å². The molecule has 17 heteroatoms. The van der Waals surface area contributed by atoms with Crippen LogP contribution in [0.1, 0.15) is 46.2 Å². The lowest BCUT2D eigenvalue weighted by Gasteiger charge is -2.25. The topological polar surface area (TPSA) is 249 Å². The van der Waals surface area contributed by atoms with Crippen molar-refractivity contribution >= 4 is 31.1 Å². The van der Waals surface area contributed by atoms with E-state index in [9.17, 15) is 39.8 Å². The summed E-state index contributed by atoms with van der Waals surface area (Å²) in [6.45, 7) is 4.34. The number of carboxylic acids is 2. The summed E-state index contributed by atoms with van der Waals surface area (Å²) < 4.78 is 36.6. The monoisotopic (exact) mass is 599 g/mol. The number of phosphoric ester groups is 1. The number of nitriles is 1. The van der Waals surface area contributed by atoms with Crippen LogP contribution in [0.4, 0.5) is 5.82 Å². The molecule has 0 radical (unpaired) electrons. The predicted octanol–water partition coefficient (Wildman–Crippen LogP) is 1.31. The quantitative estimate of drug-likeness (QED) is 0.192. The Balaban J connectivity index is 1.79. The highest BCUT2D eigenvalue weighted by Gasteiger charge is 2.58. The minimum atomic E-state index is -4.49. The number of carbonyl (C=O) groups is 2. The zero-order chi connectivity index (χ0) is 30.8. The maximum atomic E-state index is 13.5. The first-order chi connectivity index (χ1) is 19.0. The first-order valence-corrected chi connectivity index (χ1v) is 14.0. The standard InChI is InChI=1S/C24H34N5O11P/c1-22(2,20(32)33)7-9-37-41(36,38-10-8-23(3,4)21(34)35)39-11-15-17(30)18(31)24(12-25,40-15)16-6-5-14-19(26)27-13-28-29(14)16/h5-6,13,15,17-18,30-31H,7-11H2,1-4H3,(H,32,33)(H,34,35)(H2,26,27,28)/t15-,17-,18-,24+/m1/s1. The van der Waals surface area contributed by atoms with Gasteiger partial charge in [-0.25, -0.2) is 14.1 Å². The first kappa shape index (κ1) is 32.4. The Morgan fingerprint density at radius 1 is 1.12 bits per heavy atom. The van der Waals surface area contributed by atoms with Crippen LogP contribution in [0.15, 0.2) is 18.5 Å². The minimum Gasteiger partial charge on any atom is -0.481 e. The summed E-state index contributed by atoms with van der Waals surface area (Å²) in [5.74, 6) is -2.13. The van der Waals surface area contributed by atoms with Gasteiger partial charge >= 0.3 is 19.8 Å². The summed E-state index contributed by atoms with van der Waals surface area (Å²) in [7, 11) is -4.49. The molecule has 1 aliphatic rings. The number of phosphoric acid groups is 1. The number of carboxylic acid groups (broad SMARTS) is 2. The van der Waals surface area contributed by atoms with Gasteiger partial charge in [0.2, 0.25) is 5.60 Å². The van der Waals surface area contributed by atoms with E-state index in [1.165, 1.54) is 44.3 Å². The molecule has 0 aliphatic carbocycles. The maximum Gasteiger partial charge on any atom is 0.474 e. The van der Waals surface area contributed by atoms with Crippen LogP contribution in [0.25, 0.3) is 5.52 Å². The van der Waals surface area contributed by atoms with Crippen LogP contribution >= 0.6 is 7.82 Å². The number of hydrogen-bond acceptors (Lipinski definition) is 13. The Morgan fingerprint density at radius 2 is 1.68 bits per heavy atom. The number of nitrogens with zero attached hydrogens (tertiary/aromatic N) is 4. The summed E-state index contributed by atoms with van der Waals surface area (Å²) >= 11 is 0. The normalized spacial score (nSPS) is 23.5. The van der Waals surface area contributed by atoms with Gasteiger partial charge in [0.05, 0.1) is 36.3 Å². The second-order valence-electron chi connectivity index (χ2n) is 10.9. The largest absolute Gasteiger partial charge is 0.481 e. The van der Waals surface area contributed by atoms with Crippen molar-refractivity contribution in [2.45, 2.75) is 64.4 Å². The number of aliphatic hydroxyl groups is 2. The van der Waals surface area contributed by atoms with Crippen LogP contribution in [0, 0.1) is 22.2 Å². The summed E-state index contributed by atoms with van der Waals surface area (Å²) in [5.41, 5.74) is 1.62. The number of rotatable bonds is 14. The smallest absolute Gasteiger partial charge is 0.474 e. The second kappa shape index (κ2) is 12.0. The third-order valence-electron chi connectivity index (χ3n) is 6.99. The third kappa shape index (κ3) is 6.68. The molecule has 4 atom stereocenters. The van der Waals surface area contributed by atoms with E-state index in [-0.39, 0.29) is 37.6 Å². The summed E-state index contributed by atoms with van der Waals surface area (Å²) in [6.07, 6.45) is -3.94. The Morgan fingerprint density at radius 3 is 2.20 bits per heavy atom. The van der Waals surface area contributed by atoms with E-state index in [0.717, 1.165) is 6.33 Å². The number of fused-ring (bicyclic) bond motifs is 1. The molecule has 1 fully saturated rings. The summed E-state index contributed by atoms with van der Waals surface area (Å²) in [5, 5.41) is 54.4. The van der Waals surface area contributed by atoms with Gasteiger partial charge in [-0.3, -0.25) is 23.2 Å². The van der Waals surface area contributed by atoms with Gasteiger partial charge in [0, 0.05) is 0 Å². The predicted molar refractivity (Wildman–Crippen MR) is 139 cm³/mol. The van der Waals surface area contributed by atoms with Crippen molar-refractivity contribution in [3.63, 3.8) is 0 Å². The minimum absolute atomic E-state index is 0.0423. The van der Waals surface area contributed by atoms with Gasteiger partial charge in [-0.05, 0) is 52.7 Å². The fourth-order valence-electron chi connectivity index (χ4n) is 3.87. The van der Waals surface area contributed by atoms with Crippen LogP contribution in [-0.2, 0) is 38.1 Å². The van der Waals surface area contributed by atoms with Gasteiger partial charge in [0.1, 0.15) is 36.2 Å². The molecule has 2 aromatic rings. The van der Waals surface area contributed by atoms with E-state index in [2.05, 4.69) is 10.1 Å². The molecule has 0 spiro atoms. The highest BCUT2D eigenvalue weighted by Crippen LogP contribution is 2.51. The third-order valence-corrected chi connectivity index (χ3v) is 8.46. The average Bonchev–Trinajstić information content (AvgIpc) is 3.43. The molecule has 2 aromatic heterocycles. The zero-order valence-corrected chi connectivity index (χ0v) is 23.9. The van der Waals surface area contributed by atoms with Crippen LogP contribution in [0.3, 0.4) is 0 Å². The molecule has 226 valence electrons. The Bertz CT molecular complexity index is 1340. The number of hydrogen-bond donors (Lipinski definition) is 5. The molecule has 1 aliphatic heterocycles. The van der Waals surface area contributed by atoms with Gasteiger partial charge in [0.15, 0.2) is 5.82 Å². The number of nitrogens with two attached hydrogens (primary N) is 1. The lowest BCUT2D eigenvalue weighted by molar-refractivity contribution is -0.148. The summed E-state index contributed by atoms with van der Waals surface area (Å²) in [4.78, 5) is 26.7. The second-order valence-corrected chi connectivity index (χ2v) is 12.6. The zero-order valence-electron chi connectivity index (χ0n) is 23.0. The SMILES string of the molecule is CC(C)(CCOP(=O)(OCCC(C)(C)C(=O)O)OC[C@H]1O[C@@](C#N)(c2ccc3c(N)ncnn23)[C@H](O)[C@@H]1O)C(=O)O. The highest BCUT2D eigenvalue weighted by molar-refractivity contribution is 7.48. The van der Waals surface area contributed by atoms with E-state index in [1.807, 2.05) is 6.07 Å². The molecule has 0 aromatic carbocycles. The van der Waals surface area contributed by atoms with Crippen molar-refractivity contribution in [3.05, 3.63) is 24.2 Å². The van der Waals surface area contributed by atoms with Gasteiger partial charge < -0.3 is 30.9 Å². The number of anilines is 1. The van der Waals surface area contributed by atoms with Crippen molar-refractivity contribution in [3.8, 4) is 6.07 Å². The molecule has 0 unspecified atom stereocenters. The lowest BCUT2D eigenvalue weighted by Crippen LogP contribution is -2.41. The fourth-order valence-corrected chi connectivity index (χ4v) is 5.05. The maximum absolute atomic E-state index is 13.5. The van der Waals surface area contributed by atoms with Crippen LogP contribution in [0.5, 0.6) is 0 Å². The number of aliphatic carboxylic acids is 2. The molecule has 41 heavy (non-hydrogen) atoms. The molecule has 0 saturated carbocycles. The average molecular weight is 600 g/mol. The Kier molecular flexibility index (Phi) is 9.46. The van der Waals surface area contributed by atoms with Crippen LogP contribution in [-0.4, -0.2) is 85.1 Å². The van der Waals surface area contributed by atoms with Gasteiger partial charge in [-0.15, -0.1) is 0 Å². The van der Waals surface area contributed by atoms with Gasteiger partial charge in [-0.2, -0.15) is 10.4 Å². The Hall–Kier alpha value is -3.16. The van der Waals surface area contributed by atoms with E-state index in [4.69, 9.17) is 24.0 Å². The van der Waals surface area contributed by atoms with E-state index < -0.39 is 61.1 Å². The fraction of sp³-hybridized carbons (Fsp3) is 0.625. The van der Waals surface area contributed by atoms with E-state index >= 15 is 0 Å². The molecule has 1 saturated heterocycles. The molecule has 16 nitrogen and oxygen atoms in total. The van der Waals surface area contributed by atoms with Crippen molar-refractivity contribution in [2.24, 2.45) is 10.8 Å². The molecule has 3 heterocycles. The summed E-state index contributed by atoms with van der Waals surface area (Å²) in [6, 6.07) is 4.80. The van der Waals surface area contributed by atoms with E-state index in [1.54, 1.807) is 0 Å². The van der Waals surface area contributed by atoms with E-state index in [0.29, 0.717) is 5.52 Å². The van der Waals surface area contributed by atoms with Crippen LogP contribution < -0.4 is 5.73 Å². The Labute approximate surface area is 235 Å². The number of ether oxygens (including phenoxy) is 1. The number of aliphatic hydroxyl groups excluding tert-OH is 2. The molecular weight excluding hydrogens is 565 g/mol. The number of aromatic nitrogens is 3. The molecule has 0 bridgehead atoms. The molecular formula is C24H34N5O11P. The van der Waals surface area contributed by atoms with Gasteiger partial charge in [-0.1, -0.05) is 0 Å². The van der Waals surface area contributed by atoms with Crippen LogP contribution in [0.2, 0.25) is 0 Å². The van der Waals surface area contributed by atoms with Crippen molar-refractivity contribution in [1.82, 2.24) is 14.6 Å². The molecule has 3 rings (SSSR count). The van der Waals surface area contributed by atoms with Crippen molar-refractivity contribution in [1.29, 1.82) is 5.26 Å². The highest BCUT2D eigenvalue weighted by atomic mass is 31.2. The lowest BCUT2D eigenvalue weighted by atomic mass is 9.90. The molecule has 6 N–H and O–H groups in total. The van der Waals surface area contributed by atoms with Gasteiger partial charge in [0.25, 0.3) is 0 Å².